The Balaban J connectivity index is 2.29. The molecule has 2 aromatic rings. The minimum absolute atomic E-state index is 0.327. The van der Waals surface area contributed by atoms with Crippen LogP contribution in [0, 0.1) is 12.7 Å². The number of halogens is 1. The molecule has 0 saturated heterocycles. The Kier molecular flexibility index (Phi) is 3.19. The molecule has 0 fully saturated rings. The van der Waals surface area contributed by atoms with Gasteiger partial charge in [0.15, 0.2) is 0 Å². The summed E-state index contributed by atoms with van der Waals surface area (Å²) in [6, 6.07) is 12.3. The highest BCUT2D eigenvalue weighted by Gasteiger charge is 2.02. The van der Waals surface area contributed by atoms with Crippen LogP contribution in [0.15, 0.2) is 47.5 Å². The minimum atomic E-state index is -0.360. The molecule has 0 radical (unpaired) electrons. The van der Waals surface area contributed by atoms with Crippen molar-refractivity contribution < 1.29 is 4.39 Å². The van der Waals surface area contributed by atoms with Crippen LogP contribution in [0.2, 0.25) is 0 Å². The Morgan fingerprint density at radius 3 is 2.47 bits per heavy atom. The third-order valence-electron chi connectivity index (χ3n) is 2.46. The predicted molar refractivity (Wildman–Crippen MR) is 69.2 cm³/mol. The van der Waals surface area contributed by atoms with Gasteiger partial charge in [-0.2, -0.15) is 0 Å². The number of aliphatic imine (C=N–C) groups is 1. The third-order valence-corrected chi connectivity index (χ3v) is 2.46. The molecule has 0 saturated carbocycles. The topological polar surface area (TPSA) is 38.4 Å². The molecule has 2 aromatic carbocycles. The average molecular weight is 228 g/mol. The van der Waals surface area contributed by atoms with Gasteiger partial charge in [0.2, 0.25) is 0 Å². The molecule has 86 valence electrons. The average Bonchev–Trinajstić information content (AvgIpc) is 2.31. The fourth-order valence-corrected chi connectivity index (χ4v) is 1.46. The van der Waals surface area contributed by atoms with Crippen molar-refractivity contribution in [2.24, 2.45) is 4.99 Å². The van der Waals surface area contributed by atoms with Crippen LogP contribution < -0.4 is 5.73 Å². The van der Waals surface area contributed by atoms with Gasteiger partial charge < -0.3 is 5.73 Å². The molecule has 2 nitrogen and oxygen atoms in total. The number of rotatable bonds is 2. The van der Waals surface area contributed by atoms with E-state index in [-0.39, 0.29) is 5.82 Å². The maximum absolute atomic E-state index is 13.4. The molecule has 2 rings (SSSR count). The number of nitrogens with zero attached hydrogens (tertiary/aromatic N) is 1. The second-order valence-electron chi connectivity index (χ2n) is 3.84. The second kappa shape index (κ2) is 4.78. The Morgan fingerprint density at radius 1 is 1.12 bits per heavy atom. The number of aryl methyl sites for hydroxylation is 1. The maximum atomic E-state index is 13.4. The van der Waals surface area contributed by atoms with E-state index in [4.69, 9.17) is 5.73 Å². The van der Waals surface area contributed by atoms with Crippen molar-refractivity contribution in [2.45, 2.75) is 6.92 Å². The van der Waals surface area contributed by atoms with Crippen LogP contribution in [0.4, 0.5) is 15.8 Å². The lowest BCUT2D eigenvalue weighted by Gasteiger charge is -2.00. The molecule has 0 amide bonds. The van der Waals surface area contributed by atoms with Gasteiger partial charge in [-0.25, -0.2) is 4.39 Å². The number of anilines is 1. The third kappa shape index (κ3) is 2.69. The highest BCUT2D eigenvalue weighted by Crippen LogP contribution is 2.16. The molecule has 0 atom stereocenters. The van der Waals surface area contributed by atoms with Gasteiger partial charge in [0, 0.05) is 11.9 Å². The van der Waals surface area contributed by atoms with Crippen molar-refractivity contribution >= 4 is 17.6 Å². The predicted octanol–water partition coefficient (Wildman–Crippen LogP) is 3.47. The van der Waals surface area contributed by atoms with Crippen molar-refractivity contribution in [1.29, 1.82) is 0 Å². The zero-order valence-corrected chi connectivity index (χ0v) is 9.52. The molecule has 0 aromatic heterocycles. The van der Waals surface area contributed by atoms with E-state index in [2.05, 4.69) is 4.99 Å². The Morgan fingerprint density at radius 2 is 1.82 bits per heavy atom. The zero-order chi connectivity index (χ0) is 12.3. The number of benzene rings is 2. The van der Waals surface area contributed by atoms with Crippen molar-refractivity contribution in [1.82, 2.24) is 0 Å². The van der Waals surface area contributed by atoms with Crippen molar-refractivity contribution in [3.05, 3.63) is 59.4 Å². The first kappa shape index (κ1) is 11.3. The summed E-state index contributed by atoms with van der Waals surface area (Å²) in [5, 5.41) is 0. The van der Waals surface area contributed by atoms with E-state index in [0.29, 0.717) is 11.3 Å². The van der Waals surface area contributed by atoms with Gasteiger partial charge in [-0.15, -0.1) is 0 Å². The molecule has 17 heavy (non-hydrogen) atoms. The standard InChI is InChI=1S/C14H13FN2/c1-10-5-7-11(8-6-10)17-9-12-13(15)3-2-4-14(12)16/h2-9H,16H2,1H3. The summed E-state index contributed by atoms with van der Waals surface area (Å²) >= 11 is 0. The smallest absolute Gasteiger partial charge is 0.134 e. The first-order valence-corrected chi connectivity index (χ1v) is 5.31. The minimum Gasteiger partial charge on any atom is -0.398 e. The molecule has 3 heteroatoms. The van der Waals surface area contributed by atoms with E-state index in [1.165, 1.54) is 12.3 Å². The van der Waals surface area contributed by atoms with Crippen LogP contribution in [0.1, 0.15) is 11.1 Å². The van der Waals surface area contributed by atoms with Gasteiger partial charge in [0.05, 0.1) is 11.3 Å². The Labute approximate surface area is 99.6 Å². The van der Waals surface area contributed by atoms with Crippen molar-refractivity contribution in [2.75, 3.05) is 5.73 Å². The van der Waals surface area contributed by atoms with Crippen LogP contribution in [-0.4, -0.2) is 6.21 Å². The summed E-state index contributed by atoms with van der Waals surface area (Å²) in [4.78, 5) is 4.19. The SMILES string of the molecule is Cc1ccc(N=Cc2c(N)cccc2F)cc1. The van der Waals surface area contributed by atoms with Crippen molar-refractivity contribution in [3.63, 3.8) is 0 Å². The molecule has 0 aliphatic carbocycles. The number of nitrogen functional groups attached to an aromatic ring is 1. The quantitative estimate of drug-likeness (QED) is 0.620. The van der Waals surface area contributed by atoms with Crippen LogP contribution >= 0.6 is 0 Å². The molecule has 0 aliphatic rings. The zero-order valence-electron chi connectivity index (χ0n) is 9.52. The Bertz CT molecular complexity index is 524. The van der Waals surface area contributed by atoms with Gasteiger partial charge in [0.25, 0.3) is 0 Å². The molecule has 0 spiro atoms. The van der Waals surface area contributed by atoms with Gasteiger partial charge in [0.1, 0.15) is 5.82 Å². The highest BCUT2D eigenvalue weighted by atomic mass is 19.1. The van der Waals surface area contributed by atoms with E-state index in [0.717, 1.165) is 11.3 Å². The largest absolute Gasteiger partial charge is 0.398 e. The Hall–Kier alpha value is -2.16. The summed E-state index contributed by atoms with van der Waals surface area (Å²) in [6.07, 6.45) is 1.45. The molecule has 0 unspecified atom stereocenters. The number of nitrogens with two attached hydrogens (primary N) is 1. The lowest BCUT2D eigenvalue weighted by atomic mass is 10.2. The van der Waals surface area contributed by atoms with E-state index < -0.39 is 0 Å². The molecule has 0 heterocycles. The summed E-state index contributed by atoms with van der Waals surface area (Å²) in [6.45, 7) is 2.00. The van der Waals surface area contributed by atoms with E-state index >= 15 is 0 Å². The fraction of sp³-hybridized carbons (Fsp3) is 0.0714. The van der Waals surface area contributed by atoms with Crippen molar-refractivity contribution in [3.8, 4) is 0 Å². The first-order valence-electron chi connectivity index (χ1n) is 5.31. The lowest BCUT2D eigenvalue weighted by molar-refractivity contribution is 0.626. The van der Waals surface area contributed by atoms with Crippen LogP contribution in [0.3, 0.4) is 0 Å². The fourth-order valence-electron chi connectivity index (χ4n) is 1.46. The van der Waals surface area contributed by atoms with E-state index in [1.54, 1.807) is 12.1 Å². The van der Waals surface area contributed by atoms with E-state index in [1.807, 2.05) is 31.2 Å². The second-order valence-corrected chi connectivity index (χ2v) is 3.84. The summed E-state index contributed by atoms with van der Waals surface area (Å²) in [5.41, 5.74) is 8.33. The summed E-state index contributed by atoms with van der Waals surface area (Å²) in [7, 11) is 0. The highest BCUT2D eigenvalue weighted by molar-refractivity contribution is 5.88. The molecular weight excluding hydrogens is 215 g/mol. The van der Waals surface area contributed by atoms with Gasteiger partial charge in [-0.05, 0) is 31.2 Å². The maximum Gasteiger partial charge on any atom is 0.134 e. The lowest BCUT2D eigenvalue weighted by Crippen LogP contribution is -1.96. The number of hydrogen-bond acceptors (Lipinski definition) is 2. The van der Waals surface area contributed by atoms with Gasteiger partial charge >= 0.3 is 0 Å². The van der Waals surface area contributed by atoms with E-state index in [9.17, 15) is 4.39 Å². The first-order chi connectivity index (χ1) is 8.16. The normalized spacial score (nSPS) is 10.9. The monoisotopic (exact) mass is 228 g/mol. The summed E-state index contributed by atoms with van der Waals surface area (Å²) in [5.74, 6) is -0.360. The van der Waals surface area contributed by atoms with Crippen LogP contribution in [0.5, 0.6) is 0 Å². The molecule has 0 bridgehead atoms. The van der Waals surface area contributed by atoms with Gasteiger partial charge in [-0.3, -0.25) is 4.99 Å². The molecular formula is C14H13FN2. The molecule has 0 aliphatic heterocycles. The van der Waals surface area contributed by atoms with Crippen LogP contribution in [-0.2, 0) is 0 Å². The number of hydrogen-bond donors (Lipinski definition) is 1. The van der Waals surface area contributed by atoms with Crippen LogP contribution in [0.25, 0.3) is 0 Å². The van der Waals surface area contributed by atoms with Gasteiger partial charge in [-0.1, -0.05) is 23.8 Å². The molecule has 2 N–H and O–H groups in total. The summed E-state index contributed by atoms with van der Waals surface area (Å²) < 4.78 is 13.4.